The third kappa shape index (κ3) is 5.07. The number of methoxy groups -OCH3 is 1. The van der Waals surface area contributed by atoms with E-state index in [1.54, 1.807) is 7.11 Å². The first-order chi connectivity index (χ1) is 11.7. The SMILES string of the molecule is COc1ccc(-c2n[nH]c(CN=C(N)N3CCC(C)CC3)n2)cc1.I. The Balaban J connectivity index is 0.00000225. The Morgan fingerprint density at radius 1 is 1.32 bits per heavy atom. The molecule has 25 heavy (non-hydrogen) atoms. The molecule has 3 N–H and O–H groups in total. The van der Waals surface area contributed by atoms with Gasteiger partial charge in [-0.15, -0.1) is 24.0 Å². The van der Waals surface area contributed by atoms with Crippen molar-refractivity contribution in [1.82, 2.24) is 20.1 Å². The fourth-order valence-corrected chi connectivity index (χ4v) is 2.73. The first-order valence-electron chi connectivity index (χ1n) is 8.26. The van der Waals surface area contributed by atoms with Crippen molar-refractivity contribution in [2.45, 2.75) is 26.3 Å². The zero-order chi connectivity index (χ0) is 16.9. The van der Waals surface area contributed by atoms with Crippen LogP contribution in [0, 0.1) is 5.92 Å². The Hall–Kier alpha value is -1.84. The Morgan fingerprint density at radius 3 is 2.64 bits per heavy atom. The van der Waals surface area contributed by atoms with Crippen LogP contribution in [0.2, 0.25) is 0 Å². The summed E-state index contributed by atoms with van der Waals surface area (Å²) in [6, 6.07) is 7.63. The average molecular weight is 456 g/mol. The summed E-state index contributed by atoms with van der Waals surface area (Å²) >= 11 is 0. The van der Waals surface area contributed by atoms with Gasteiger partial charge in [0.2, 0.25) is 0 Å². The number of benzene rings is 1. The number of nitrogens with one attached hydrogen (secondary N) is 1. The van der Waals surface area contributed by atoms with Gasteiger partial charge in [0.1, 0.15) is 18.1 Å². The first-order valence-corrected chi connectivity index (χ1v) is 8.26. The number of aliphatic imine (C=N–C) groups is 1. The van der Waals surface area contributed by atoms with Crippen LogP contribution in [0.5, 0.6) is 5.75 Å². The fourth-order valence-electron chi connectivity index (χ4n) is 2.73. The molecule has 1 aromatic carbocycles. The highest BCUT2D eigenvalue weighted by Crippen LogP contribution is 2.19. The van der Waals surface area contributed by atoms with Gasteiger partial charge in [-0.05, 0) is 43.0 Å². The van der Waals surface area contributed by atoms with Crippen molar-refractivity contribution in [3.05, 3.63) is 30.1 Å². The fraction of sp³-hybridized carbons (Fsp3) is 0.471. The molecule has 2 heterocycles. The summed E-state index contributed by atoms with van der Waals surface area (Å²) in [5.41, 5.74) is 7.02. The van der Waals surface area contributed by atoms with Crippen LogP contribution < -0.4 is 10.5 Å². The van der Waals surface area contributed by atoms with Gasteiger partial charge in [-0.1, -0.05) is 6.92 Å². The van der Waals surface area contributed by atoms with E-state index in [-0.39, 0.29) is 24.0 Å². The van der Waals surface area contributed by atoms with Crippen LogP contribution >= 0.6 is 24.0 Å². The number of rotatable bonds is 4. The summed E-state index contributed by atoms with van der Waals surface area (Å²) < 4.78 is 5.15. The lowest BCUT2D eigenvalue weighted by Crippen LogP contribution is -2.42. The minimum Gasteiger partial charge on any atom is -0.497 e. The molecule has 8 heteroatoms. The second-order valence-electron chi connectivity index (χ2n) is 6.18. The summed E-state index contributed by atoms with van der Waals surface area (Å²) in [4.78, 5) is 11.1. The van der Waals surface area contributed by atoms with Gasteiger partial charge in [-0.2, -0.15) is 5.10 Å². The van der Waals surface area contributed by atoms with E-state index >= 15 is 0 Å². The maximum absolute atomic E-state index is 6.09. The number of aromatic nitrogens is 3. The number of ether oxygens (including phenoxy) is 1. The Kier molecular flexibility index (Phi) is 7.03. The summed E-state index contributed by atoms with van der Waals surface area (Å²) in [6.45, 7) is 4.63. The zero-order valence-corrected chi connectivity index (χ0v) is 16.9. The molecule has 1 fully saturated rings. The van der Waals surface area contributed by atoms with E-state index in [9.17, 15) is 0 Å². The molecule has 1 aromatic heterocycles. The molecular formula is C17H25IN6O. The number of halogens is 1. The molecule has 7 nitrogen and oxygen atoms in total. The zero-order valence-electron chi connectivity index (χ0n) is 14.6. The number of nitrogens with zero attached hydrogens (tertiary/aromatic N) is 4. The predicted octanol–water partition coefficient (Wildman–Crippen LogP) is 2.64. The first kappa shape index (κ1) is 19.5. The van der Waals surface area contributed by atoms with Gasteiger partial charge in [-0.25, -0.2) is 9.98 Å². The highest BCUT2D eigenvalue weighted by Gasteiger charge is 2.17. The smallest absolute Gasteiger partial charge is 0.191 e. The quantitative estimate of drug-likeness (QED) is 0.419. The number of H-pyrrole nitrogens is 1. The summed E-state index contributed by atoms with van der Waals surface area (Å²) in [7, 11) is 1.64. The number of likely N-dealkylation sites (tertiary alicyclic amines) is 1. The van der Waals surface area contributed by atoms with Crippen molar-refractivity contribution in [2.24, 2.45) is 16.6 Å². The van der Waals surface area contributed by atoms with Gasteiger partial charge in [0, 0.05) is 18.7 Å². The second kappa shape index (κ2) is 9.02. The molecule has 0 bridgehead atoms. The molecule has 0 radical (unpaired) electrons. The molecule has 0 unspecified atom stereocenters. The average Bonchev–Trinajstić information content (AvgIpc) is 3.09. The number of hydrogen-bond acceptors (Lipinski definition) is 4. The van der Waals surface area contributed by atoms with Crippen molar-refractivity contribution in [1.29, 1.82) is 0 Å². The molecule has 1 aliphatic rings. The molecule has 0 spiro atoms. The van der Waals surface area contributed by atoms with Crippen molar-refractivity contribution in [3.8, 4) is 17.1 Å². The summed E-state index contributed by atoms with van der Waals surface area (Å²) in [6.07, 6.45) is 2.33. The largest absolute Gasteiger partial charge is 0.497 e. The van der Waals surface area contributed by atoms with E-state index < -0.39 is 0 Å². The van der Waals surface area contributed by atoms with Crippen molar-refractivity contribution in [3.63, 3.8) is 0 Å². The van der Waals surface area contributed by atoms with Crippen molar-refractivity contribution >= 4 is 29.9 Å². The maximum Gasteiger partial charge on any atom is 0.191 e. The normalized spacial score (nSPS) is 15.8. The van der Waals surface area contributed by atoms with Crippen LogP contribution in [0.4, 0.5) is 0 Å². The van der Waals surface area contributed by atoms with E-state index in [1.807, 2.05) is 24.3 Å². The Bertz CT molecular complexity index is 691. The molecule has 2 aromatic rings. The van der Waals surface area contributed by atoms with Crippen LogP contribution in [-0.2, 0) is 6.54 Å². The summed E-state index contributed by atoms with van der Waals surface area (Å²) in [5, 5.41) is 7.17. The van der Waals surface area contributed by atoms with E-state index in [0.29, 0.717) is 24.2 Å². The Labute approximate surface area is 165 Å². The molecule has 1 aliphatic heterocycles. The van der Waals surface area contributed by atoms with Gasteiger partial charge in [0.05, 0.1) is 7.11 Å². The maximum atomic E-state index is 6.09. The van der Waals surface area contributed by atoms with Crippen molar-refractivity contribution in [2.75, 3.05) is 20.2 Å². The van der Waals surface area contributed by atoms with Gasteiger partial charge in [0.15, 0.2) is 11.8 Å². The molecule has 136 valence electrons. The number of guanidine groups is 1. The lowest BCUT2D eigenvalue weighted by Gasteiger charge is -2.30. The van der Waals surface area contributed by atoms with Crippen LogP contribution in [0.1, 0.15) is 25.6 Å². The number of nitrogens with two attached hydrogens (primary N) is 1. The lowest BCUT2D eigenvalue weighted by atomic mass is 10.00. The van der Waals surface area contributed by atoms with Gasteiger partial charge in [0.25, 0.3) is 0 Å². The molecule has 0 saturated carbocycles. The van der Waals surface area contributed by atoms with E-state index in [1.165, 1.54) is 12.8 Å². The van der Waals surface area contributed by atoms with Crippen LogP contribution in [-0.4, -0.2) is 46.2 Å². The number of aromatic amines is 1. The molecular weight excluding hydrogens is 431 g/mol. The highest BCUT2D eigenvalue weighted by molar-refractivity contribution is 14.0. The minimum atomic E-state index is 0. The topological polar surface area (TPSA) is 92.4 Å². The molecule has 3 rings (SSSR count). The van der Waals surface area contributed by atoms with Crippen LogP contribution in [0.15, 0.2) is 29.3 Å². The van der Waals surface area contributed by atoms with E-state index in [4.69, 9.17) is 10.5 Å². The van der Waals surface area contributed by atoms with E-state index in [0.717, 1.165) is 30.3 Å². The van der Waals surface area contributed by atoms with Gasteiger partial charge in [-0.3, -0.25) is 5.10 Å². The number of piperidine rings is 1. The number of hydrogen-bond donors (Lipinski definition) is 2. The van der Waals surface area contributed by atoms with Gasteiger partial charge < -0.3 is 15.4 Å². The second-order valence-corrected chi connectivity index (χ2v) is 6.18. The molecule has 1 saturated heterocycles. The van der Waals surface area contributed by atoms with Gasteiger partial charge >= 0.3 is 0 Å². The van der Waals surface area contributed by atoms with Crippen molar-refractivity contribution < 1.29 is 4.74 Å². The third-order valence-corrected chi connectivity index (χ3v) is 4.38. The predicted molar refractivity (Wildman–Crippen MR) is 109 cm³/mol. The van der Waals surface area contributed by atoms with E-state index in [2.05, 4.69) is 32.0 Å². The highest BCUT2D eigenvalue weighted by atomic mass is 127. The lowest BCUT2D eigenvalue weighted by molar-refractivity contribution is 0.277. The van der Waals surface area contributed by atoms with Crippen LogP contribution in [0.25, 0.3) is 11.4 Å². The summed E-state index contributed by atoms with van der Waals surface area (Å²) in [5.74, 6) is 3.52. The molecule has 0 atom stereocenters. The molecule has 0 aliphatic carbocycles. The standard InChI is InChI=1S/C17H24N6O.HI/c1-12-7-9-23(10-8-12)17(18)19-11-15-20-16(22-21-15)13-3-5-14(24-2)6-4-13;/h3-6,12H,7-11H2,1-2H3,(H2,18,19)(H,20,21,22);1H. The molecule has 0 amide bonds. The monoisotopic (exact) mass is 456 g/mol. The minimum absolute atomic E-state index is 0. The Morgan fingerprint density at radius 2 is 2.00 bits per heavy atom. The third-order valence-electron chi connectivity index (χ3n) is 4.38. The van der Waals surface area contributed by atoms with Crippen LogP contribution in [0.3, 0.4) is 0 Å².